The van der Waals surface area contributed by atoms with Crippen LogP contribution in [-0.2, 0) is 24.1 Å². The molecule has 198 valence electrons. The van der Waals surface area contributed by atoms with Crippen LogP contribution in [0, 0.1) is 5.41 Å². The second-order valence-electron chi connectivity index (χ2n) is 10.8. The summed E-state index contributed by atoms with van der Waals surface area (Å²) < 4.78 is 11.2. The van der Waals surface area contributed by atoms with Crippen molar-refractivity contribution in [3.63, 3.8) is 0 Å². The molecule has 0 aromatic carbocycles. The highest BCUT2D eigenvalue weighted by atomic mass is 16.5. The van der Waals surface area contributed by atoms with Gasteiger partial charge >= 0.3 is 0 Å². The zero-order chi connectivity index (χ0) is 25.9. The lowest BCUT2D eigenvalue weighted by Gasteiger charge is -2.41. The van der Waals surface area contributed by atoms with Gasteiger partial charge in [0.05, 0.1) is 42.5 Å². The van der Waals surface area contributed by atoms with Crippen LogP contribution in [0.3, 0.4) is 0 Å². The smallest absolute Gasteiger partial charge is 0.226 e. The van der Waals surface area contributed by atoms with Gasteiger partial charge in [-0.25, -0.2) is 15.0 Å². The van der Waals surface area contributed by atoms with Gasteiger partial charge in [-0.3, -0.25) is 4.99 Å². The standard InChI is InChI=1S/C27H33N9O2/c1-3-22-33-25(34-38-22)18-6-7-20-17(31-18)5-4-10-36(20)26-23-19(13-30-26)32-21(14-29-23)35-11-8-27(9-12-35)15-37-16(2)24(27)28/h6-7,14,16,24H,3-5,8-13,15,28H2,1-2H3/t16-,24+/m0/s1. The average Bonchev–Trinajstić information content (AvgIpc) is 3.68. The summed E-state index contributed by atoms with van der Waals surface area (Å²) >= 11 is 0. The second kappa shape index (κ2) is 9.09. The van der Waals surface area contributed by atoms with Crippen LogP contribution in [0.2, 0.25) is 0 Å². The zero-order valence-corrected chi connectivity index (χ0v) is 21.9. The molecule has 38 heavy (non-hydrogen) atoms. The Morgan fingerprint density at radius 2 is 1.97 bits per heavy atom. The SMILES string of the molecule is CCc1nc(-c2ccc3c(n2)CCCN3C2=NCc3nc(N4CCC5(CC4)CO[C@@H](C)[C@H]5N)cnc32)no1. The number of pyridine rings is 1. The number of aliphatic imine (C=N–C) groups is 1. The number of anilines is 2. The number of piperidine rings is 1. The van der Waals surface area contributed by atoms with Gasteiger partial charge in [-0.2, -0.15) is 4.98 Å². The van der Waals surface area contributed by atoms with Crippen LogP contribution < -0.4 is 15.5 Å². The number of rotatable bonds is 3. The van der Waals surface area contributed by atoms with Gasteiger partial charge < -0.3 is 24.8 Å². The molecule has 0 amide bonds. The predicted molar refractivity (Wildman–Crippen MR) is 142 cm³/mol. The van der Waals surface area contributed by atoms with E-state index in [4.69, 9.17) is 34.9 Å². The number of nitrogens with two attached hydrogens (primary N) is 1. The number of hydrogen-bond acceptors (Lipinski definition) is 11. The van der Waals surface area contributed by atoms with Crippen LogP contribution >= 0.6 is 0 Å². The number of aryl methyl sites for hydroxylation is 2. The summed E-state index contributed by atoms with van der Waals surface area (Å²) in [7, 11) is 0. The van der Waals surface area contributed by atoms with E-state index in [9.17, 15) is 0 Å². The number of hydrogen-bond donors (Lipinski definition) is 1. The third-order valence-corrected chi connectivity index (χ3v) is 8.64. The first kappa shape index (κ1) is 23.7. The highest BCUT2D eigenvalue weighted by Crippen LogP contribution is 2.42. The van der Waals surface area contributed by atoms with E-state index in [1.807, 2.05) is 19.2 Å². The molecule has 7 rings (SSSR count). The number of amidine groups is 1. The summed E-state index contributed by atoms with van der Waals surface area (Å²) in [6.45, 7) is 8.08. The summed E-state index contributed by atoms with van der Waals surface area (Å²) in [5, 5.41) is 4.09. The van der Waals surface area contributed by atoms with Gasteiger partial charge in [0.25, 0.3) is 0 Å². The van der Waals surface area contributed by atoms with Gasteiger partial charge in [-0.15, -0.1) is 0 Å². The Morgan fingerprint density at radius 1 is 1.11 bits per heavy atom. The molecular weight excluding hydrogens is 482 g/mol. The third kappa shape index (κ3) is 3.79. The van der Waals surface area contributed by atoms with E-state index < -0.39 is 0 Å². The molecule has 4 aliphatic rings. The molecule has 7 heterocycles. The molecule has 11 heteroatoms. The fourth-order valence-corrected chi connectivity index (χ4v) is 6.25. The van der Waals surface area contributed by atoms with Crippen LogP contribution in [0.15, 0.2) is 27.8 Å². The van der Waals surface area contributed by atoms with Gasteiger partial charge in [0.15, 0.2) is 5.84 Å². The minimum absolute atomic E-state index is 0.0912. The third-order valence-electron chi connectivity index (χ3n) is 8.64. The Bertz CT molecular complexity index is 1390. The van der Waals surface area contributed by atoms with Crippen LogP contribution in [0.4, 0.5) is 11.5 Å². The van der Waals surface area contributed by atoms with Crippen LogP contribution in [0.5, 0.6) is 0 Å². The summed E-state index contributed by atoms with van der Waals surface area (Å²) in [4.78, 5) is 28.6. The number of nitrogens with zero attached hydrogens (tertiary/aromatic N) is 8. The summed E-state index contributed by atoms with van der Waals surface area (Å²) in [5.74, 6) is 2.95. The summed E-state index contributed by atoms with van der Waals surface area (Å²) in [6.07, 6.45) is 6.65. The molecule has 11 nitrogen and oxygen atoms in total. The van der Waals surface area contributed by atoms with E-state index in [1.54, 1.807) is 0 Å². The van der Waals surface area contributed by atoms with Gasteiger partial charge in [-0.1, -0.05) is 12.1 Å². The van der Waals surface area contributed by atoms with E-state index in [-0.39, 0.29) is 17.6 Å². The molecule has 0 radical (unpaired) electrons. The molecule has 1 spiro atoms. The molecule has 0 aliphatic carbocycles. The number of ether oxygens (including phenoxy) is 1. The highest BCUT2D eigenvalue weighted by Gasteiger charge is 2.47. The summed E-state index contributed by atoms with van der Waals surface area (Å²) in [6, 6.07) is 4.14. The Balaban J connectivity index is 1.09. The first-order chi connectivity index (χ1) is 18.5. The predicted octanol–water partition coefficient (Wildman–Crippen LogP) is 2.53. The lowest BCUT2D eigenvalue weighted by molar-refractivity contribution is 0.0974. The van der Waals surface area contributed by atoms with Gasteiger partial charge in [0.1, 0.15) is 17.2 Å². The van der Waals surface area contributed by atoms with Crippen molar-refractivity contribution in [2.75, 3.05) is 36.0 Å². The van der Waals surface area contributed by atoms with Crippen LogP contribution in [0.1, 0.15) is 56.1 Å². The maximum Gasteiger partial charge on any atom is 0.226 e. The molecule has 2 atom stereocenters. The van der Waals surface area contributed by atoms with Crippen molar-refractivity contribution >= 4 is 17.3 Å². The molecular formula is C27H33N9O2. The molecule has 0 unspecified atom stereocenters. The fourth-order valence-electron chi connectivity index (χ4n) is 6.25. The molecule has 3 aromatic rings. The molecule has 3 aromatic heterocycles. The first-order valence-corrected chi connectivity index (χ1v) is 13.7. The zero-order valence-electron chi connectivity index (χ0n) is 21.9. The number of aromatic nitrogens is 5. The monoisotopic (exact) mass is 515 g/mol. The van der Waals surface area contributed by atoms with Crippen molar-refractivity contribution in [1.29, 1.82) is 0 Å². The number of fused-ring (bicyclic) bond motifs is 2. The molecule has 2 fully saturated rings. The van der Waals surface area contributed by atoms with Crippen molar-refractivity contribution in [3.8, 4) is 11.5 Å². The second-order valence-corrected chi connectivity index (χ2v) is 10.8. The minimum Gasteiger partial charge on any atom is -0.376 e. The quantitative estimate of drug-likeness (QED) is 0.555. The Kier molecular flexibility index (Phi) is 5.66. The Hall–Kier alpha value is -3.44. The normalized spacial score (nSPS) is 24.0. The van der Waals surface area contributed by atoms with E-state index in [0.717, 1.165) is 92.0 Å². The molecule has 0 saturated carbocycles. The van der Waals surface area contributed by atoms with Gasteiger partial charge in [0.2, 0.25) is 11.7 Å². The fraction of sp³-hybridized carbons (Fsp3) is 0.556. The van der Waals surface area contributed by atoms with Crippen molar-refractivity contribution in [1.82, 2.24) is 25.1 Å². The van der Waals surface area contributed by atoms with Crippen molar-refractivity contribution in [3.05, 3.63) is 41.3 Å². The van der Waals surface area contributed by atoms with Crippen molar-refractivity contribution in [2.24, 2.45) is 16.1 Å². The lowest BCUT2D eigenvalue weighted by Crippen LogP contribution is -2.50. The van der Waals surface area contributed by atoms with E-state index >= 15 is 0 Å². The molecule has 0 bridgehead atoms. The van der Waals surface area contributed by atoms with Crippen LogP contribution in [0.25, 0.3) is 11.5 Å². The maximum absolute atomic E-state index is 6.50. The topological polar surface area (TPSA) is 132 Å². The van der Waals surface area contributed by atoms with Gasteiger partial charge in [0, 0.05) is 37.5 Å². The maximum atomic E-state index is 6.50. The molecule has 4 aliphatic heterocycles. The summed E-state index contributed by atoms with van der Waals surface area (Å²) in [5.41, 5.74) is 11.2. The Morgan fingerprint density at radius 3 is 2.74 bits per heavy atom. The highest BCUT2D eigenvalue weighted by molar-refractivity contribution is 6.11. The van der Waals surface area contributed by atoms with E-state index in [0.29, 0.717) is 24.7 Å². The largest absolute Gasteiger partial charge is 0.376 e. The minimum atomic E-state index is 0.0912. The molecule has 2 saturated heterocycles. The Labute approximate surface area is 221 Å². The van der Waals surface area contributed by atoms with E-state index in [2.05, 4.69) is 32.9 Å². The lowest BCUT2D eigenvalue weighted by atomic mass is 9.73. The average molecular weight is 516 g/mol. The first-order valence-electron chi connectivity index (χ1n) is 13.7. The van der Waals surface area contributed by atoms with Crippen LogP contribution in [-0.4, -0.2) is 69.3 Å². The molecule has 2 N–H and O–H groups in total. The van der Waals surface area contributed by atoms with Crippen molar-refractivity contribution in [2.45, 2.75) is 64.6 Å². The van der Waals surface area contributed by atoms with Gasteiger partial charge in [-0.05, 0) is 44.7 Å². The van der Waals surface area contributed by atoms with Crippen molar-refractivity contribution < 1.29 is 9.26 Å². The van der Waals surface area contributed by atoms with E-state index in [1.165, 1.54) is 0 Å².